The zero-order chi connectivity index (χ0) is 14.7. The number of aromatic carboxylic acids is 1. The molecule has 0 saturated heterocycles. The van der Waals surface area contributed by atoms with Crippen LogP contribution in [0.2, 0.25) is 0 Å². The molecule has 1 amide bonds. The van der Waals surface area contributed by atoms with E-state index in [1.165, 1.54) is 13.1 Å². The molecule has 0 aliphatic carbocycles. The summed E-state index contributed by atoms with van der Waals surface area (Å²) in [5.41, 5.74) is 6.82. The highest BCUT2D eigenvalue weighted by Crippen LogP contribution is 2.24. The molecule has 2 aromatic rings. The van der Waals surface area contributed by atoms with Crippen molar-refractivity contribution in [2.75, 3.05) is 12.8 Å². The molecule has 0 radical (unpaired) electrons. The number of nitrogen functional groups attached to an aromatic ring is 1. The second kappa shape index (κ2) is 5.40. The molecule has 1 heterocycles. The molecule has 1 aromatic carbocycles. The van der Waals surface area contributed by atoms with Crippen molar-refractivity contribution in [2.24, 2.45) is 0 Å². The zero-order valence-corrected chi connectivity index (χ0v) is 10.8. The number of aromatic nitrogens is 1. The summed E-state index contributed by atoms with van der Waals surface area (Å²) in [7, 11) is 1.53. The number of carbonyl (C=O) groups is 2. The minimum atomic E-state index is -1.17. The number of rotatable bonds is 3. The van der Waals surface area contributed by atoms with Gasteiger partial charge in [0.2, 0.25) is 0 Å². The topological polar surface area (TPSA) is 105 Å². The lowest BCUT2D eigenvalue weighted by Crippen LogP contribution is -2.17. The van der Waals surface area contributed by atoms with Gasteiger partial charge in [-0.15, -0.1) is 0 Å². The normalized spacial score (nSPS) is 10.1. The van der Waals surface area contributed by atoms with Crippen molar-refractivity contribution in [2.45, 2.75) is 0 Å². The van der Waals surface area contributed by atoms with E-state index < -0.39 is 5.97 Å². The molecule has 0 aliphatic heterocycles. The fraction of sp³-hybridized carbons (Fsp3) is 0.0714. The van der Waals surface area contributed by atoms with Gasteiger partial charge in [-0.1, -0.05) is 12.1 Å². The number of anilines is 1. The number of nitrogens with two attached hydrogens (primary N) is 1. The quantitative estimate of drug-likeness (QED) is 0.782. The van der Waals surface area contributed by atoms with Crippen molar-refractivity contribution in [3.05, 3.63) is 47.7 Å². The van der Waals surface area contributed by atoms with Gasteiger partial charge in [0.25, 0.3) is 5.91 Å². The first-order valence-electron chi connectivity index (χ1n) is 5.85. The average molecular weight is 271 g/mol. The Labute approximate surface area is 115 Å². The maximum atomic E-state index is 11.6. The van der Waals surface area contributed by atoms with Crippen LogP contribution in [0.5, 0.6) is 0 Å². The summed E-state index contributed by atoms with van der Waals surface area (Å²) in [4.78, 5) is 26.7. The summed E-state index contributed by atoms with van der Waals surface area (Å²) >= 11 is 0. The largest absolute Gasteiger partial charge is 0.476 e. The Kier molecular flexibility index (Phi) is 3.65. The maximum absolute atomic E-state index is 11.6. The van der Waals surface area contributed by atoms with Gasteiger partial charge in [0, 0.05) is 18.2 Å². The van der Waals surface area contributed by atoms with Crippen LogP contribution in [0.3, 0.4) is 0 Å². The van der Waals surface area contributed by atoms with Gasteiger partial charge >= 0.3 is 5.97 Å². The molecule has 6 nitrogen and oxygen atoms in total. The molecule has 0 saturated carbocycles. The van der Waals surface area contributed by atoms with Gasteiger partial charge in [-0.3, -0.25) is 4.79 Å². The van der Waals surface area contributed by atoms with E-state index >= 15 is 0 Å². The first-order chi connectivity index (χ1) is 9.52. The third-order valence-electron chi connectivity index (χ3n) is 2.78. The van der Waals surface area contributed by atoms with Crippen molar-refractivity contribution in [1.82, 2.24) is 10.3 Å². The number of carbonyl (C=O) groups excluding carboxylic acids is 1. The molecule has 1 aromatic heterocycles. The van der Waals surface area contributed by atoms with Crippen LogP contribution in [0.4, 0.5) is 5.82 Å². The maximum Gasteiger partial charge on any atom is 0.355 e. The van der Waals surface area contributed by atoms with Crippen molar-refractivity contribution in [1.29, 1.82) is 0 Å². The summed E-state index contributed by atoms with van der Waals surface area (Å²) in [6.45, 7) is 0. The van der Waals surface area contributed by atoms with Gasteiger partial charge in [0.15, 0.2) is 5.69 Å². The summed E-state index contributed by atoms with van der Waals surface area (Å²) in [6.07, 6.45) is 0. The van der Waals surface area contributed by atoms with Crippen LogP contribution in [-0.4, -0.2) is 29.0 Å². The van der Waals surface area contributed by atoms with Crippen LogP contribution in [0.25, 0.3) is 11.1 Å². The first-order valence-corrected chi connectivity index (χ1v) is 5.85. The number of carboxylic acids is 1. The minimum Gasteiger partial charge on any atom is -0.476 e. The second-order valence-electron chi connectivity index (χ2n) is 4.10. The number of carboxylic acid groups (broad SMARTS) is 1. The van der Waals surface area contributed by atoms with Gasteiger partial charge in [0.1, 0.15) is 5.82 Å². The Balaban J connectivity index is 2.57. The fourth-order valence-electron chi connectivity index (χ4n) is 1.84. The number of hydrogen-bond acceptors (Lipinski definition) is 4. The molecule has 0 aliphatic rings. The predicted octanol–water partition coefficient (Wildman–Crippen LogP) is 1.39. The van der Waals surface area contributed by atoms with Crippen molar-refractivity contribution in [3.8, 4) is 11.1 Å². The number of amides is 1. The highest BCUT2D eigenvalue weighted by Gasteiger charge is 2.15. The third kappa shape index (κ3) is 2.59. The highest BCUT2D eigenvalue weighted by molar-refractivity contribution is 5.98. The Morgan fingerprint density at radius 1 is 1.25 bits per heavy atom. The average Bonchev–Trinajstić information content (AvgIpc) is 2.46. The molecule has 6 heteroatoms. The van der Waals surface area contributed by atoms with E-state index in [9.17, 15) is 14.7 Å². The molecule has 20 heavy (non-hydrogen) atoms. The van der Waals surface area contributed by atoms with Crippen LogP contribution in [0.1, 0.15) is 20.8 Å². The van der Waals surface area contributed by atoms with Crippen molar-refractivity contribution < 1.29 is 14.7 Å². The SMILES string of the molecule is CNC(=O)c1cccc(-c2ccc(N)nc2C(=O)O)c1. The van der Waals surface area contributed by atoms with E-state index in [0.29, 0.717) is 16.7 Å². The Morgan fingerprint density at radius 3 is 2.65 bits per heavy atom. The van der Waals surface area contributed by atoms with Gasteiger partial charge < -0.3 is 16.2 Å². The van der Waals surface area contributed by atoms with Crippen molar-refractivity contribution in [3.63, 3.8) is 0 Å². The summed E-state index contributed by atoms with van der Waals surface area (Å²) < 4.78 is 0. The van der Waals surface area contributed by atoms with Crippen LogP contribution in [0.15, 0.2) is 36.4 Å². The van der Waals surface area contributed by atoms with E-state index in [0.717, 1.165) is 0 Å². The van der Waals surface area contributed by atoms with Gasteiger partial charge in [-0.25, -0.2) is 9.78 Å². The molecular formula is C14H13N3O3. The fourth-order valence-corrected chi connectivity index (χ4v) is 1.84. The molecule has 102 valence electrons. The number of nitrogens with zero attached hydrogens (tertiary/aromatic N) is 1. The standard InChI is InChI=1S/C14H13N3O3/c1-16-13(18)9-4-2-3-8(7-9)10-5-6-11(15)17-12(10)14(19)20/h2-7H,1H3,(H2,15,17)(H,16,18)(H,19,20). The van der Waals surface area contributed by atoms with E-state index in [2.05, 4.69) is 10.3 Å². The predicted molar refractivity (Wildman–Crippen MR) is 74.4 cm³/mol. The Hall–Kier alpha value is -2.89. The van der Waals surface area contributed by atoms with Crippen molar-refractivity contribution >= 4 is 17.7 Å². The van der Waals surface area contributed by atoms with Crippen LogP contribution < -0.4 is 11.1 Å². The molecule has 0 bridgehead atoms. The van der Waals surface area contributed by atoms with Gasteiger partial charge in [0.05, 0.1) is 0 Å². The molecule has 0 fully saturated rings. The molecule has 0 unspecified atom stereocenters. The van der Waals surface area contributed by atoms with Crippen LogP contribution in [0, 0.1) is 0 Å². The number of hydrogen-bond donors (Lipinski definition) is 3. The summed E-state index contributed by atoms with van der Waals surface area (Å²) in [5.74, 6) is -1.28. The van der Waals surface area contributed by atoms with E-state index in [1.54, 1.807) is 30.3 Å². The number of nitrogens with one attached hydrogen (secondary N) is 1. The summed E-state index contributed by atoms with van der Waals surface area (Å²) in [5, 5.41) is 11.7. The lowest BCUT2D eigenvalue weighted by atomic mass is 10.0. The molecule has 0 atom stereocenters. The molecular weight excluding hydrogens is 258 g/mol. The van der Waals surface area contributed by atoms with E-state index in [1.807, 2.05) is 0 Å². The van der Waals surface area contributed by atoms with Crippen LogP contribution in [-0.2, 0) is 0 Å². The second-order valence-corrected chi connectivity index (χ2v) is 4.10. The number of benzene rings is 1. The minimum absolute atomic E-state index is 0.133. The first kappa shape index (κ1) is 13.5. The third-order valence-corrected chi connectivity index (χ3v) is 2.78. The smallest absolute Gasteiger partial charge is 0.355 e. The lowest BCUT2D eigenvalue weighted by Gasteiger charge is -2.08. The van der Waals surface area contributed by atoms with E-state index in [-0.39, 0.29) is 17.4 Å². The Morgan fingerprint density at radius 2 is 2.00 bits per heavy atom. The zero-order valence-electron chi connectivity index (χ0n) is 10.8. The van der Waals surface area contributed by atoms with Gasteiger partial charge in [-0.2, -0.15) is 0 Å². The van der Waals surface area contributed by atoms with Gasteiger partial charge in [-0.05, 0) is 29.8 Å². The Bertz CT molecular complexity index is 683. The summed E-state index contributed by atoms with van der Waals surface area (Å²) in [6, 6.07) is 9.75. The molecule has 0 spiro atoms. The van der Waals surface area contributed by atoms with Crippen LogP contribution >= 0.6 is 0 Å². The number of pyridine rings is 1. The molecule has 4 N–H and O–H groups in total. The van der Waals surface area contributed by atoms with E-state index in [4.69, 9.17) is 5.73 Å². The molecule has 2 rings (SSSR count). The lowest BCUT2D eigenvalue weighted by molar-refractivity contribution is 0.0691. The highest BCUT2D eigenvalue weighted by atomic mass is 16.4. The monoisotopic (exact) mass is 271 g/mol.